The van der Waals surface area contributed by atoms with Gasteiger partial charge in [0.2, 0.25) is 0 Å². The Morgan fingerprint density at radius 1 is 1.14 bits per heavy atom. The first-order valence-corrected chi connectivity index (χ1v) is 7.63. The zero-order chi connectivity index (χ0) is 16.1. The van der Waals surface area contributed by atoms with E-state index < -0.39 is 15.7 Å². The van der Waals surface area contributed by atoms with E-state index in [4.69, 9.17) is 4.74 Å². The van der Waals surface area contributed by atoms with Gasteiger partial charge in [-0.3, -0.25) is 19.1 Å². The molecule has 7 heteroatoms. The van der Waals surface area contributed by atoms with Gasteiger partial charge in [0, 0.05) is 22.6 Å². The van der Waals surface area contributed by atoms with Crippen molar-refractivity contribution in [2.75, 3.05) is 12.9 Å². The van der Waals surface area contributed by atoms with Crippen LogP contribution in [0.1, 0.15) is 10.4 Å². The molecule has 0 heterocycles. The second-order valence-electron chi connectivity index (χ2n) is 4.39. The van der Waals surface area contributed by atoms with Crippen LogP contribution in [0.15, 0.2) is 53.4 Å². The summed E-state index contributed by atoms with van der Waals surface area (Å²) in [6.07, 6.45) is 0. The quantitative estimate of drug-likeness (QED) is 0.464. The molecular weight excluding hydrogens is 306 g/mol. The number of nitrogens with zero attached hydrogens (tertiary/aromatic N) is 1. The van der Waals surface area contributed by atoms with Crippen molar-refractivity contribution in [3.8, 4) is 5.75 Å². The van der Waals surface area contributed by atoms with Crippen molar-refractivity contribution in [3.05, 3.63) is 64.2 Å². The van der Waals surface area contributed by atoms with Gasteiger partial charge in [0.1, 0.15) is 5.75 Å². The number of ether oxygens (including phenoxy) is 1. The molecule has 0 saturated carbocycles. The van der Waals surface area contributed by atoms with E-state index in [0.717, 1.165) is 0 Å². The summed E-state index contributed by atoms with van der Waals surface area (Å²) >= 11 is 0. The van der Waals surface area contributed by atoms with Gasteiger partial charge in [-0.05, 0) is 36.4 Å². The summed E-state index contributed by atoms with van der Waals surface area (Å²) in [5, 5.41) is 10.6. The van der Waals surface area contributed by atoms with Crippen LogP contribution in [0, 0.1) is 10.1 Å². The molecular formula is C15H13NO5S. The van der Waals surface area contributed by atoms with Crippen LogP contribution in [0.3, 0.4) is 0 Å². The lowest BCUT2D eigenvalue weighted by atomic mass is 10.1. The first-order valence-electron chi connectivity index (χ1n) is 6.31. The van der Waals surface area contributed by atoms with E-state index >= 15 is 0 Å². The van der Waals surface area contributed by atoms with Crippen molar-refractivity contribution in [2.24, 2.45) is 0 Å². The molecule has 1 atom stereocenters. The van der Waals surface area contributed by atoms with Gasteiger partial charge in [-0.15, -0.1) is 0 Å². The Bertz CT molecular complexity index is 710. The standard InChI is InChI=1S/C15H13NO5S/c1-21-13-6-2-11(3-7-13)15(17)10-22(20)14-8-4-12(5-9-14)16(18)19/h2-9H,10H2,1H3. The number of Topliss-reactive ketones (excluding diaryl/α,β-unsaturated/α-hetero) is 1. The Balaban J connectivity index is 2.06. The van der Waals surface area contributed by atoms with E-state index in [1.807, 2.05) is 0 Å². The molecule has 0 aliphatic rings. The highest BCUT2D eigenvalue weighted by Crippen LogP contribution is 2.16. The fourth-order valence-corrected chi connectivity index (χ4v) is 2.79. The van der Waals surface area contributed by atoms with Gasteiger partial charge in [0.15, 0.2) is 5.78 Å². The lowest BCUT2D eigenvalue weighted by molar-refractivity contribution is -0.384. The van der Waals surface area contributed by atoms with Crippen LogP contribution in [-0.2, 0) is 10.8 Å². The largest absolute Gasteiger partial charge is 0.497 e. The molecule has 0 spiro atoms. The molecule has 0 aliphatic carbocycles. The average molecular weight is 319 g/mol. The highest BCUT2D eigenvalue weighted by Gasteiger charge is 2.14. The minimum Gasteiger partial charge on any atom is -0.497 e. The van der Waals surface area contributed by atoms with Crippen LogP contribution in [0.4, 0.5) is 5.69 Å². The SMILES string of the molecule is COc1ccc(C(=O)CS(=O)c2ccc([N+](=O)[O-])cc2)cc1. The minimum atomic E-state index is -1.55. The third-order valence-corrected chi connectivity index (χ3v) is 4.31. The molecule has 0 N–H and O–H groups in total. The molecule has 22 heavy (non-hydrogen) atoms. The van der Waals surface area contributed by atoms with E-state index in [2.05, 4.69) is 0 Å². The van der Waals surface area contributed by atoms with Gasteiger partial charge in [-0.25, -0.2) is 0 Å². The first-order chi connectivity index (χ1) is 10.5. The molecule has 6 nitrogen and oxygen atoms in total. The van der Waals surface area contributed by atoms with Gasteiger partial charge in [-0.2, -0.15) is 0 Å². The number of carbonyl (C=O) groups is 1. The van der Waals surface area contributed by atoms with Gasteiger partial charge in [0.25, 0.3) is 5.69 Å². The topological polar surface area (TPSA) is 86.5 Å². The van der Waals surface area contributed by atoms with Gasteiger partial charge < -0.3 is 4.74 Å². The number of nitro groups is 1. The third-order valence-electron chi connectivity index (χ3n) is 2.98. The lowest BCUT2D eigenvalue weighted by Crippen LogP contribution is -2.11. The number of hydrogen-bond acceptors (Lipinski definition) is 5. The zero-order valence-corrected chi connectivity index (χ0v) is 12.5. The fourth-order valence-electron chi connectivity index (χ4n) is 1.78. The molecule has 0 fully saturated rings. The smallest absolute Gasteiger partial charge is 0.269 e. The van der Waals surface area contributed by atoms with Crippen LogP contribution < -0.4 is 4.74 Å². The van der Waals surface area contributed by atoms with Gasteiger partial charge >= 0.3 is 0 Å². The normalized spacial score (nSPS) is 11.7. The maximum absolute atomic E-state index is 12.1. The van der Waals surface area contributed by atoms with E-state index in [-0.39, 0.29) is 17.2 Å². The van der Waals surface area contributed by atoms with Crippen LogP contribution in [-0.4, -0.2) is 27.8 Å². The number of benzene rings is 2. The van der Waals surface area contributed by atoms with Crippen LogP contribution in [0.5, 0.6) is 5.75 Å². The summed E-state index contributed by atoms with van der Waals surface area (Å²) in [5.74, 6) is 0.191. The predicted molar refractivity (Wildman–Crippen MR) is 81.7 cm³/mol. The number of ketones is 1. The van der Waals surface area contributed by atoms with E-state index in [1.54, 1.807) is 24.3 Å². The molecule has 0 amide bonds. The highest BCUT2D eigenvalue weighted by atomic mass is 32.2. The van der Waals surface area contributed by atoms with Crippen molar-refractivity contribution in [3.63, 3.8) is 0 Å². The van der Waals surface area contributed by atoms with Crippen LogP contribution in [0.2, 0.25) is 0 Å². The summed E-state index contributed by atoms with van der Waals surface area (Å²) < 4.78 is 17.1. The number of hydrogen-bond donors (Lipinski definition) is 0. The summed E-state index contributed by atoms with van der Waals surface area (Å²) in [4.78, 5) is 22.5. The van der Waals surface area contributed by atoms with E-state index in [9.17, 15) is 19.1 Å². The summed E-state index contributed by atoms with van der Waals surface area (Å²) in [7, 11) is -0.0178. The summed E-state index contributed by atoms with van der Waals surface area (Å²) in [5.41, 5.74) is 0.360. The monoisotopic (exact) mass is 319 g/mol. The number of carbonyl (C=O) groups excluding carboxylic acids is 1. The van der Waals surface area contributed by atoms with E-state index in [0.29, 0.717) is 16.2 Å². The lowest BCUT2D eigenvalue weighted by Gasteiger charge is -2.04. The molecule has 0 aromatic heterocycles. The number of non-ortho nitro benzene ring substituents is 1. The molecule has 1 unspecified atom stereocenters. The first kappa shape index (κ1) is 15.8. The molecule has 0 radical (unpaired) electrons. The Morgan fingerprint density at radius 3 is 2.23 bits per heavy atom. The fraction of sp³-hybridized carbons (Fsp3) is 0.133. The van der Waals surface area contributed by atoms with Crippen molar-refractivity contribution >= 4 is 22.3 Å². The van der Waals surface area contributed by atoms with Gasteiger partial charge in [0.05, 0.1) is 28.6 Å². The predicted octanol–water partition coefficient (Wildman–Crippen LogP) is 2.59. The minimum absolute atomic E-state index is 0.0813. The molecule has 0 bridgehead atoms. The van der Waals surface area contributed by atoms with Crippen molar-refractivity contribution in [1.82, 2.24) is 0 Å². The summed E-state index contributed by atoms with van der Waals surface area (Å²) in [6.45, 7) is 0. The Morgan fingerprint density at radius 2 is 1.73 bits per heavy atom. The molecule has 0 aliphatic heterocycles. The average Bonchev–Trinajstić information content (AvgIpc) is 2.54. The molecule has 114 valence electrons. The number of methoxy groups -OCH3 is 1. The number of rotatable bonds is 6. The zero-order valence-electron chi connectivity index (χ0n) is 11.7. The molecule has 2 aromatic carbocycles. The second-order valence-corrected chi connectivity index (χ2v) is 5.84. The molecule has 0 saturated heterocycles. The Labute approximate surface area is 129 Å². The van der Waals surface area contributed by atoms with Crippen molar-refractivity contribution in [2.45, 2.75) is 4.90 Å². The maximum atomic E-state index is 12.1. The summed E-state index contributed by atoms with van der Waals surface area (Å²) in [6, 6.07) is 11.9. The third kappa shape index (κ3) is 3.76. The second kappa shape index (κ2) is 6.95. The number of nitro benzene ring substituents is 1. The molecule has 2 aromatic rings. The highest BCUT2D eigenvalue weighted by molar-refractivity contribution is 7.85. The van der Waals surface area contributed by atoms with Gasteiger partial charge in [-0.1, -0.05) is 0 Å². The van der Waals surface area contributed by atoms with E-state index in [1.165, 1.54) is 31.4 Å². The molecule has 2 rings (SSSR count). The Hall–Kier alpha value is -2.54. The van der Waals surface area contributed by atoms with Crippen molar-refractivity contribution in [1.29, 1.82) is 0 Å². The Kier molecular flexibility index (Phi) is 5.00. The van der Waals surface area contributed by atoms with Crippen LogP contribution >= 0.6 is 0 Å². The maximum Gasteiger partial charge on any atom is 0.269 e. The van der Waals surface area contributed by atoms with Crippen LogP contribution in [0.25, 0.3) is 0 Å². The van der Waals surface area contributed by atoms with Crippen molar-refractivity contribution < 1.29 is 18.7 Å².